The van der Waals surface area contributed by atoms with Gasteiger partial charge in [0.05, 0.1) is 12.5 Å². The van der Waals surface area contributed by atoms with Crippen LogP contribution in [0, 0.1) is 12.8 Å². The number of likely N-dealkylation sites (tertiary alicyclic amines) is 1. The Morgan fingerprint density at radius 2 is 2.06 bits per heavy atom. The number of nitrogens with one attached hydrogen (secondary N) is 1. The highest BCUT2D eigenvalue weighted by molar-refractivity contribution is 7.98. The molecule has 0 spiro atoms. The maximum absolute atomic E-state index is 12.7. The molecule has 8 heteroatoms. The van der Waals surface area contributed by atoms with E-state index in [2.05, 4.69) is 32.5 Å². The predicted molar refractivity (Wildman–Crippen MR) is 138 cm³/mol. The van der Waals surface area contributed by atoms with Crippen molar-refractivity contribution in [3.8, 4) is 11.4 Å². The Kier molecular flexibility index (Phi) is 9.02. The number of carbonyl (C=O) groups is 1. The molecule has 1 unspecified atom stereocenters. The van der Waals surface area contributed by atoms with E-state index in [1.165, 1.54) is 5.56 Å². The molecule has 2 heterocycles. The summed E-state index contributed by atoms with van der Waals surface area (Å²) >= 11 is 7.80. The van der Waals surface area contributed by atoms with Gasteiger partial charge in [0, 0.05) is 29.4 Å². The lowest BCUT2D eigenvalue weighted by atomic mass is 9.97. The molecule has 34 heavy (non-hydrogen) atoms. The Morgan fingerprint density at radius 3 is 2.88 bits per heavy atom. The molecule has 1 atom stereocenters. The lowest BCUT2D eigenvalue weighted by Gasteiger charge is -2.30. The number of hydrogen-bond donors (Lipinski definition) is 1. The fourth-order valence-electron chi connectivity index (χ4n) is 4.16. The molecule has 1 aliphatic rings. The fraction of sp³-hybridized carbons (Fsp3) is 0.423. The van der Waals surface area contributed by atoms with Gasteiger partial charge in [0.2, 0.25) is 17.6 Å². The maximum atomic E-state index is 12.7. The normalized spacial score (nSPS) is 16.5. The first-order valence-corrected chi connectivity index (χ1v) is 13.3. The van der Waals surface area contributed by atoms with Gasteiger partial charge in [-0.3, -0.25) is 9.69 Å². The lowest BCUT2D eigenvalue weighted by molar-refractivity contribution is -0.126. The summed E-state index contributed by atoms with van der Waals surface area (Å²) in [5, 5.41) is 8.05. The second-order valence-electron chi connectivity index (χ2n) is 8.72. The molecular weight excluding hydrogens is 468 g/mol. The third-order valence-electron chi connectivity index (χ3n) is 6.04. The van der Waals surface area contributed by atoms with E-state index in [9.17, 15) is 4.79 Å². The summed E-state index contributed by atoms with van der Waals surface area (Å²) in [4.78, 5) is 19.5. The number of aromatic nitrogens is 2. The number of aryl methyl sites for hydroxylation is 1. The van der Waals surface area contributed by atoms with E-state index in [0.717, 1.165) is 60.0 Å². The van der Waals surface area contributed by atoms with Crippen LogP contribution in [-0.2, 0) is 17.1 Å². The van der Waals surface area contributed by atoms with Gasteiger partial charge in [-0.25, -0.2) is 0 Å². The summed E-state index contributed by atoms with van der Waals surface area (Å²) in [7, 11) is 0. The highest BCUT2D eigenvalue weighted by Gasteiger charge is 2.26. The average molecular weight is 499 g/mol. The molecule has 0 bridgehead atoms. The van der Waals surface area contributed by atoms with Crippen LogP contribution in [0.3, 0.4) is 0 Å². The van der Waals surface area contributed by atoms with Crippen LogP contribution in [0.4, 0.5) is 0 Å². The molecule has 1 aliphatic heterocycles. The second-order valence-corrected chi connectivity index (χ2v) is 10.3. The van der Waals surface area contributed by atoms with Gasteiger partial charge in [-0.1, -0.05) is 53.2 Å². The van der Waals surface area contributed by atoms with Gasteiger partial charge in [0.1, 0.15) is 0 Å². The first-order valence-electron chi connectivity index (χ1n) is 11.8. The molecular formula is C26H31ClN4O2S. The van der Waals surface area contributed by atoms with E-state index in [0.29, 0.717) is 24.8 Å². The van der Waals surface area contributed by atoms with Crippen LogP contribution in [0.5, 0.6) is 0 Å². The van der Waals surface area contributed by atoms with E-state index >= 15 is 0 Å². The number of amides is 1. The van der Waals surface area contributed by atoms with Gasteiger partial charge in [-0.15, -0.1) is 0 Å². The van der Waals surface area contributed by atoms with Crippen LogP contribution in [0.2, 0.25) is 5.02 Å². The molecule has 180 valence electrons. The smallest absolute Gasteiger partial charge is 0.241 e. The van der Waals surface area contributed by atoms with E-state index in [4.69, 9.17) is 16.1 Å². The summed E-state index contributed by atoms with van der Waals surface area (Å²) in [5.74, 6) is 3.35. The molecule has 0 radical (unpaired) electrons. The summed E-state index contributed by atoms with van der Waals surface area (Å²) in [5.41, 5.74) is 3.38. The molecule has 2 aromatic carbocycles. The topological polar surface area (TPSA) is 71.3 Å². The zero-order valence-electron chi connectivity index (χ0n) is 19.5. The first kappa shape index (κ1) is 24.8. The van der Waals surface area contributed by atoms with E-state index in [-0.39, 0.29) is 11.8 Å². The Hall–Kier alpha value is -2.35. The van der Waals surface area contributed by atoms with Crippen LogP contribution in [-0.4, -0.2) is 46.3 Å². The van der Waals surface area contributed by atoms with Crippen molar-refractivity contribution in [1.29, 1.82) is 0 Å². The number of benzene rings is 2. The van der Waals surface area contributed by atoms with Crippen molar-refractivity contribution in [2.24, 2.45) is 5.92 Å². The fourth-order valence-corrected chi connectivity index (χ4v) is 5.20. The summed E-state index contributed by atoms with van der Waals surface area (Å²) < 4.78 is 5.50. The maximum Gasteiger partial charge on any atom is 0.241 e. The van der Waals surface area contributed by atoms with Gasteiger partial charge < -0.3 is 9.84 Å². The molecule has 3 aromatic rings. The van der Waals surface area contributed by atoms with Crippen molar-refractivity contribution < 1.29 is 9.32 Å². The lowest BCUT2D eigenvalue weighted by Crippen LogP contribution is -2.43. The Morgan fingerprint density at radius 1 is 1.24 bits per heavy atom. The molecule has 1 fully saturated rings. The van der Waals surface area contributed by atoms with Crippen molar-refractivity contribution in [2.45, 2.75) is 38.5 Å². The monoisotopic (exact) mass is 498 g/mol. The number of piperidine rings is 1. The SMILES string of the molecule is Cc1ccccc1-c1noc(CN2CCCC(C(=O)NCCCSCc3ccc(Cl)cc3)C2)n1. The summed E-state index contributed by atoms with van der Waals surface area (Å²) in [6, 6.07) is 16.0. The third kappa shape index (κ3) is 7.08. The van der Waals surface area contributed by atoms with Gasteiger partial charge in [0.25, 0.3) is 0 Å². The highest BCUT2D eigenvalue weighted by atomic mass is 35.5. The van der Waals surface area contributed by atoms with E-state index in [1.54, 1.807) is 0 Å². The molecule has 0 saturated carbocycles. The standard InChI is InChI=1S/C26H31ClN4O2S/c1-19-6-2-3-8-23(19)25-29-24(33-30-25)17-31-14-4-7-21(16-31)26(32)28-13-5-15-34-18-20-9-11-22(27)12-10-20/h2-3,6,8-12,21H,4-5,7,13-18H2,1H3,(H,28,32). The molecule has 1 N–H and O–H groups in total. The van der Waals surface area contributed by atoms with Crippen LogP contribution in [0.25, 0.3) is 11.4 Å². The van der Waals surface area contributed by atoms with Crippen LogP contribution in [0.1, 0.15) is 36.3 Å². The predicted octanol–water partition coefficient (Wildman–Crippen LogP) is 5.35. The zero-order chi connectivity index (χ0) is 23.8. The number of halogens is 1. The number of carbonyl (C=O) groups excluding carboxylic acids is 1. The van der Waals surface area contributed by atoms with Crippen LogP contribution in [0.15, 0.2) is 53.1 Å². The minimum Gasteiger partial charge on any atom is -0.356 e. The van der Waals surface area contributed by atoms with Crippen LogP contribution < -0.4 is 5.32 Å². The Labute approximate surface area is 210 Å². The molecule has 0 aliphatic carbocycles. The summed E-state index contributed by atoms with van der Waals surface area (Å²) in [6.07, 6.45) is 2.88. The van der Waals surface area contributed by atoms with Crippen molar-refractivity contribution in [3.05, 3.63) is 70.6 Å². The van der Waals surface area contributed by atoms with Crippen molar-refractivity contribution in [2.75, 3.05) is 25.4 Å². The van der Waals surface area contributed by atoms with Gasteiger partial charge >= 0.3 is 0 Å². The first-order chi connectivity index (χ1) is 16.6. The van der Waals surface area contributed by atoms with E-state index in [1.807, 2.05) is 55.1 Å². The molecule has 6 nitrogen and oxygen atoms in total. The zero-order valence-corrected chi connectivity index (χ0v) is 21.1. The number of hydrogen-bond acceptors (Lipinski definition) is 6. The van der Waals surface area contributed by atoms with Gasteiger partial charge in [0.15, 0.2) is 0 Å². The Bertz CT molecular complexity index is 1070. The highest BCUT2D eigenvalue weighted by Crippen LogP contribution is 2.22. The molecule has 1 saturated heterocycles. The number of rotatable bonds is 10. The van der Waals surface area contributed by atoms with Crippen molar-refractivity contribution in [1.82, 2.24) is 20.4 Å². The average Bonchev–Trinajstić information content (AvgIpc) is 3.31. The van der Waals surface area contributed by atoms with Crippen LogP contribution >= 0.6 is 23.4 Å². The van der Waals surface area contributed by atoms with Gasteiger partial charge in [-0.05, 0) is 61.7 Å². The third-order valence-corrected chi connectivity index (χ3v) is 7.40. The molecule has 1 aromatic heterocycles. The largest absolute Gasteiger partial charge is 0.356 e. The molecule has 4 rings (SSSR count). The number of thioether (sulfide) groups is 1. The van der Waals surface area contributed by atoms with Crippen molar-refractivity contribution >= 4 is 29.3 Å². The van der Waals surface area contributed by atoms with Crippen molar-refractivity contribution in [3.63, 3.8) is 0 Å². The number of nitrogens with zero attached hydrogens (tertiary/aromatic N) is 3. The summed E-state index contributed by atoms with van der Waals surface area (Å²) in [6.45, 7) is 4.99. The Balaban J connectivity index is 1.17. The minimum absolute atomic E-state index is 0.00855. The van der Waals surface area contributed by atoms with E-state index < -0.39 is 0 Å². The quantitative estimate of drug-likeness (QED) is 0.380. The molecule has 1 amide bonds. The van der Waals surface area contributed by atoms with Gasteiger partial charge in [-0.2, -0.15) is 16.7 Å². The second kappa shape index (κ2) is 12.4. The minimum atomic E-state index is 0.00855.